The molecule has 2 atom stereocenters. The molecule has 1 rings (SSSR count). The molecule has 0 bridgehead atoms. The molecule has 2 unspecified atom stereocenters. The first-order valence-electron chi connectivity index (χ1n) is 3.58. The van der Waals surface area contributed by atoms with Crippen molar-refractivity contribution in [1.82, 2.24) is 0 Å². The largest absolute Gasteiger partial charge is 0.247 e. The maximum absolute atomic E-state index is 12.5. The minimum atomic E-state index is -0.519. The molecule has 1 saturated carbocycles. The predicted octanol–water partition coefficient (Wildman–Crippen LogP) is 2.70. The highest BCUT2D eigenvalue weighted by Crippen LogP contribution is 2.30. The first-order valence-corrected chi connectivity index (χ1v) is 3.58. The van der Waals surface area contributed by atoms with Crippen LogP contribution in [0.3, 0.4) is 0 Å². The molecule has 0 aliphatic heterocycles. The average Bonchev–Trinajstić information content (AvgIpc) is 2.17. The van der Waals surface area contributed by atoms with Gasteiger partial charge in [-0.1, -0.05) is 6.08 Å². The molecule has 1 aliphatic carbocycles. The van der Waals surface area contributed by atoms with E-state index in [2.05, 4.69) is 6.58 Å². The van der Waals surface area contributed by atoms with E-state index in [4.69, 9.17) is 0 Å². The topological polar surface area (TPSA) is 0 Å². The van der Waals surface area contributed by atoms with Crippen molar-refractivity contribution in [3.05, 3.63) is 12.7 Å². The molecule has 0 nitrogen and oxygen atoms in total. The van der Waals surface area contributed by atoms with Crippen molar-refractivity contribution >= 4 is 0 Å². The van der Waals surface area contributed by atoms with Crippen molar-refractivity contribution in [3.8, 4) is 0 Å². The number of halogens is 1. The molecule has 9 heavy (non-hydrogen) atoms. The van der Waals surface area contributed by atoms with Crippen LogP contribution >= 0.6 is 0 Å². The number of alkyl halides is 1. The quantitative estimate of drug-likeness (QED) is 0.501. The third-order valence-electron chi connectivity index (χ3n) is 1.98. The highest BCUT2D eigenvalue weighted by molar-refractivity contribution is 4.80. The summed E-state index contributed by atoms with van der Waals surface area (Å²) in [6.07, 6.45) is 4.98. The van der Waals surface area contributed by atoms with E-state index in [1.54, 1.807) is 0 Å². The van der Waals surface area contributed by atoms with Gasteiger partial charge < -0.3 is 0 Å². The van der Waals surface area contributed by atoms with Gasteiger partial charge in [-0.3, -0.25) is 0 Å². The molecule has 52 valence electrons. The van der Waals surface area contributed by atoms with Gasteiger partial charge in [0.2, 0.25) is 0 Å². The van der Waals surface area contributed by atoms with E-state index in [1.807, 2.05) is 6.08 Å². The molecule has 1 heteroatoms. The van der Waals surface area contributed by atoms with Crippen LogP contribution in [-0.4, -0.2) is 6.17 Å². The number of hydrogen-bond acceptors (Lipinski definition) is 0. The third-order valence-corrected chi connectivity index (χ3v) is 1.98. The highest BCUT2D eigenvalue weighted by atomic mass is 19.1. The molecule has 0 aromatic heterocycles. The smallest absolute Gasteiger partial charge is 0.100 e. The first kappa shape index (κ1) is 6.79. The van der Waals surface area contributed by atoms with Crippen LogP contribution in [0.25, 0.3) is 0 Å². The van der Waals surface area contributed by atoms with E-state index >= 15 is 0 Å². The van der Waals surface area contributed by atoms with Crippen LogP contribution in [0.5, 0.6) is 0 Å². The summed E-state index contributed by atoms with van der Waals surface area (Å²) in [7, 11) is 0. The van der Waals surface area contributed by atoms with Crippen LogP contribution in [-0.2, 0) is 0 Å². The van der Waals surface area contributed by atoms with Crippen LogP contribution in [0.15, 0.2) is 12.7 Å². The second kappa shape index (κ2) is 3.00. The van der Waals surface area contributed by atoms with E-state index in [0.717, 1.165) is 25.7 Å². The molecular weight excluding hydrogens is 115 g/mol. The lowest BCUT2D eigenvalue weighted by Gasteiger charge is -2.01. The Morgan fingerprint density at radius 1 is 1.56 bits per heavy atom. The molecule has 0 radical (unpaired) electrons. The zero-order chi connectivity index (χ0) is 6.69. The van der Waals surface area contributed by atoms with Gasteiger partial charge in [-0.2, -0.15) is 0 Å². The minimum Gasteiger partial charge on any atom is -0.247 e. The fraction of sp³-hybridized carbons (Fsp3) is 0.750. The van der Waals surface area contributed by atoms with Gasteiger partial charge >= 0.3 is 0 Å². The average molecular weight is 128 g/mol. The van der Waals surface area contributed by atoms with E-state index in [0.29, 0.717) is 5.92 Å². The van der Waals surface area contributed by atoms with Gasteiger partial charge in [0, 0.05) is 0 Å². The molecule has 0 aromatic rings. The molecule has 0 aromatic carbocycles. The van der Waals surface area contributed by atoms with Gasteiger partial charge in [-0.25, -0.2) is 4.39 Å². The summed E-state index contributed by atoms with van der Waals surface area (Å²) in [5.74, 6) is 0.595. The van der Waals surface area contributed by atoms with Gasteiger partial charge in [0.1, 0.15) is 6.17 Å². The van der Waals surface area contributed by atoms with Gasteiger partial charge in [0.05, 0.1) is 0 Å². The zero-order valence-corrected chi connectivity index (χ0v) is 5.65. The molecule has 0 saturated heterocycles. The van der Waals surface area contributed by atoms with E-state index < -0.39 is 6.17 Å². The number of rotatable bonds is 2. The van der Waals surface area contributed by atoms with Gasteiger partial charge in [0.25, 0.3) is 0 Å². The Balaban J connectivity index is 2.21. The molecule has 0 spiro atoms. The summed E-state index contributed by atoms with van der Waals surface area (Å²) in [5.41, 5.74) is 0. The lowest BCUT2D eigenvalue weighted by molar-refractivity contribution is 0.331. The lowest BCUT2D eigenvalue weighted by Crippen LogP contribution is -1.93. The number of allylic oxidation sites excluding steroid dienone is 1. The second-order valence-electron chi connectivity index (χ2n) is 2.80. The maximum Gasteiger partial charge on any atom is 0.100 e. The molecule has 0 amide bonds. The van der Waals surface area contributed by atoms with Crippen LogP contribution in [0.1, 0.15) is 25.7 Å². The summed E-state index contributed by atoms with van der Waals surface area (Å²) < 4.78 is 12.5. The normalized spacial score (nSPS) is 34.8. The monoisotopic (exact) mass is 128 g/mol. The molecule has 0 heterocycles. The fourth-order valence-electron chi connectivity index (χ4n) is 1.46. The second-order valence-corrected chi connectivity index (χ2v) is 2.80. The Bertz CT molecular complexity index is 98.7. The maximum atomic E-state index is 12.5. The predicted molar refractivity (Wildman–Crippen MR) is 37.1 cm³/mol. The molecule has 1 fully saturated rings. The van der Waals surface area contributed by atoms with Gasteiger partial charge in [-0.15, -0.1) is 6.58 Å². The first-order chi connectivity index (χ1) is 4.33. The van der Waals surface area contributed by atoms with Crippen molar-refractivity contribution < 1.29 is 4.39 Å². The van der Waals surface area contributed by atoms with Crippen molar-refractivity contribution in [1.29, 1.82) is 0 Å². The Morgan fingerprint density at radius 2 is 2.33 bits per heavy atom. The van der Waals surface area contributed by atoms with Crippen molar-refractivity contribution in [2.24, 2.45) is 5.92 Å². The molecular formula is C8H13F. The van der Waals surface area contributed by atoms with Crippen LogP contribution in [0, 0.1) is 5.92 Å². The van der Waals surface area contributed by atoms with Crippen molar-refractivity contribution in [3.63, 3.8) is 0 Å². The molecule has 1 aliphatic rings. The van der Waals surface area contributed by atoms with Crippen LogP contribution in [0.4, 0.5) is 4.39 Å². The zero-order valence-electron chi connectivity index (χ0n) is 5.65. The summed E-state index contributed by atoms with van der Waals surface area (Å²) >= 11 is 0. The van der Waals surface area contributed by atoms with Crippen LogP contribution in [0.2, 0.25) is 0 Å². The van der Waals surface area contributed by atoms with Crippen molar-refractivity contribution in [2.75, 3.05) is 0 Å². The summed E-state index contributed by atoms with van der Waals surface area (Å²) in [6, 6.07) is 0. The standard InChI is InChI=1S/C8H13F/c1-2-3-7-4-5-8(9)6-7/h2,7-8H,1,3-6H2. The fourth-order valence-corrected chi connectivity index (χ4v) is 1.46. The van der Waals surface area contributed by atoms with Gasteiger partial charge in [-0.05, 0) is 31.6 Å². The van der Waals surface area contributed by atoms with Gasteiger partial charge in [0.15, 0.2) is 0 Å². The Hall–Kier alpha value is -0.330. The van der Waals surface area contributed by atoms with E-state index in [-0.39, 0.29) is 0 Å². The van der Waals surface area contributed by atoms with Crippen LogP contribution < -0.4 is 0 Å². The SMILES string of the molecule is C=CCC1CCC(F)C1. The summed E-state index contributed by atoms with van der Waals surface area (Å²) in [5, 5.41) is 0. The summed E-state index contributed by atoms with van der Waals surface area (Å²) in [4.78, 5) is 0. The Kier molecular flexibility index (Phi) is 2.26. The van der Waals surface area contributed by atoms with Crippen molar-refractivity contribution in [2.45, 2.75) is 31.9 Å². The third kappa shape index (κ3) is 1.81. The Labute approximate surface area is 55.8 Å². The highest BCUT2D eigenvalue weighted by Gasteiger charge is 2.22. The minimum absolute atomic E-state index is 0.519. The van der Waals surface area contributed by atoms with E-state index in [1.165, 1.54) is 0 Å². The summed E-state index contributed by atoms with van der Waals surface area (Å²) in [6.45, 7) is 3.63. The Morgan fingerprint density at radius 3 is 2.78 bits per heavy atom. The molecule has 0 N–H and O–H groups in total. The van der Waals surface area contributed by atoms with E-state index in [9.17, 15) is 4.39 Å². The number of hydrogen-bond donors (Lipinski definition) is 0. The lowest BCUT2D eigenvalue weighted by atomic mass is 10.0.